The molecule has 2 aromatic carbocycles. The van der Waals surface area contributed by atoms with Crippen LogP contribution in [0.4, 0.5) is 11.4 Å². The molecule has 2 N–H and O–H groups in total. The molecule has 0 radical (unpaired) electrons. The summed E-state index contributed by atoms with van der Waals surface area (Å²) in [5.74, 6) is -0.640. The lowest BCUT2D eigenvalue weighted by atomic mass is 10.1. The van der Waals surface area contributed by atoms with Gasteiger partial charge in [0, 0.05) is 18.5 Å². The van der Waals surface area contributed by atoms with Crippen LogP contribution in [0.15, 0.2) is 42.5 Å². The number of ether oxygens (including phenoxy) is 1. The number of nitrogens with zero attached hydrogens (tertiary/aromatic N) is 1. The highest BCUT2D eigenvalue weighted by Gasteiger charge is 2.36. The maximum Gasteiger partial charge on any atom is 0.253 e. The number of nitrogens with one attached hydrogen (secondary N) is 2. The fraction of sp³-hybridized carbons (Fsp3) is 0.375. The van der Waals surface area contributed by atoms with E-state index in [0.29, 0.717) is 22.7 Å². The topological polar surface area (TPSA) is 87.7 Å². The highest BCUT2D eigenvalue weighted by molar-refractivity contribution is 6.07. The van der Waals surface area contributed by atoms with Gasteiger partial charge in [-0.1, -0.05) is 18.2 Å². The predicted molar refractivity (Wildman–Crippen MR) is 120 cm³/mol. The number of benzene rings is 2. The summed E-state index contributed by atoms with van der Waals surface area (Å²) < 4.78 is 5.40. The number of anilines is 2. The molecule has 0 saturated carbocycles. The van der Waals surface area contributed by atoms with E-state index in [1.165, 1.54) is 0 Å². The maximum absolute atomic E-state index is 13.0. The largest absolute Gasteiger partial charge is 0.495 e. The minimum absolute atomic E-state index is 0.0965. The summed E-state index contributed by atoms with van der Waals surface area (Å²) in [5.41, 5.74) is 2.06. The van der Waals surface area contributed by atoms with E-state index in [1.54, 1.807) is 36.3 Å². The normalized spacial score (nSPS) is 16.2. The Bertz CT molecular complexity index is 1010. The van der Waals surface area contributed by atoms with Gasteiger partial charge in [0.25, 0.3) is 5.91 Å². The van der Waals surface area contributed by atoms with Crippen molar-refractivity contribution >= 4 is 29.1 Å². The number of carbonyl (C=O) groups is 3. The van der Waals surface area contributed by atoms with Gasteiger partial charge in [0.2, 0.25) is 11.8 Å². The van der Waals surface area contributed by atoms with Gasteiger partial charge in [-0.3, -0.25) is 14.4 Å². The molecule has 0 aromatic heterocycles. The van der Waals surface area contributed by atoms with Crippen molar-refractivity contribution in [1.29, 1.82) is 0 Å². The fourth-order valence-electron chi connectivity index (χ4n) is 3.56. The van der Waals surface area contributed by atoms with Crippen molar-refractivity contribution in [2.24, 2.45) is 5.92 Å². The van der Waals surface area contributed by atoms with Gasteiger partial charge in [0.1, 0.15) is 5.75 Å². The Hall–Kier alpha value is -3.35. The van der Waals surface area contributed by atoms with Crippen molar-refractivity contribution in [1.82, 2.24) is 5.32 Å². The van der Waals surface area contributed by atoms with Crippen LogP contribution in [-0.4, -0.2) is 36.9 Å². The number of rotatable bonds is 5. The van der Waals surface area contributed by atoms with E-state index in [-0.39, 0.29) is 30.7 Å². The van der Waals surface area contributed by atoms with Crippen molar-refractivity contribution in [2.45, 2.75) is 39.7 Å². The maximum atomic E-state index is 13.0. The Morgan fingerprint density at radius 3 is 2.52 bits per heavy atom. The van der Waals surface area contributed by atoms with E-state index >= 15 is 0 Å². The summed E-state index contributed by atoms with van der Waals surface area (Å²) >= 11 is 0. The molecule has 0 spiro atoms. The van der Waals surface area contributed by atoms with Crippen molar-refractivity contribution in [3.05, 3.63) is 53.6 Å². The molecule has 3 rings (SSSR count). The van der Waals surface area contributed by atoms with E-state index < -0.39 is 11.5 Å². The number of amides is 3. The first-order valence-corrected chi connectivity index (χ1v) is 10.3. The van der Waals surface area contributed by atoms with Crippen molar-refractivity contribution in [3.8, 4) is 5.75 Å². The lowest BCUT2D eigenvalue weighted by molar-refractivity contribution is -0.122. The molecule has 1 aliphatic rings. The summed E-state index contributed by atoms with van der Waals surface area (Å²) in [7, 11) is 1.55. The van der Waals surface area contributed by atoms with Gasteiger partial charge in [-0.05, 0) is 57.5 Å². The first-order chi connectivity index (χ1) is 14.6. The smallest absolute Gasteiger partial charge is 0.253 e. The molecule has 3 amide bonds. The molecule has 1 aliphatic heterocycles. The van der Waals surface area contributed by atoms with Crippen LogP contribution in [0.25, 0.3) is 0 Å². The van der Waals surface area contributed by atoms with Gasteiger partial charge >= 0.3 is 0 Å². The molecule has 31 heavy (non-hydrogen) atoms. The molecule has 0 bridgehead atoms. The summed E-state index contributed by atoms with van der Waals surface area (Å²) in [6.07, 6.45) is 0.0965. The van der Waals surface area contributed by atoms with Gasteiger partial charge in [-0.2, -0.15) is 0 Å². The van der Waals surface area contributed by atoms with Crippen LogP contribution in [-0.2, 0) is 9.59 Å². The number of para-hydroxylation sites is 1. The zero-order chi connectivity index (χ0) is 22.8. The van der Waals surface area contributed by atoms with Gasteiger partial charge in [0.05, 0.1) is 30.0 Å². The Labute approximate surface area is 182 Å². The number of hydrogen-bond donors (Lipinski definition) is 2. The Morgan fingerprint density at radius 1 is 1.13 bits per heavy atom. The second kappa shape index (κ2) is 8.79. The summed E-state index contributed by atoms with van der Waals surface area (Å²) in [5, 5.41) is 5.75. The quantitative estimate of drug-likeness (QED) is 0.770. The van der Waals surface area contributed by atoms with E-state index in [4.69, 9.17) is 4.74 Å². The second-order valence-electron chi connectivity index (χ2n) is 8.82. The van der Waals surface area contributed by atoms with Gasteiger partial charge in [-0.25, -0.2) is 0 Å². The number of hydrogen-bond acceptors (Lipinski definition) is 4. The van der Waals surface area contributed by atoms with Crippen molar-refractivity contribution in [2.75, 3.05) is 23.9 Å². The van der Waals surface area contributed by atoms with E-state index in [9.17, 15) is 14.4 Å². The van der Waals surface area contributed by atoms with Gasteiger partial charge < -0.3 is 20.3 Å². The fourth-order valence-corrected chi connectivity index (χ4v) is 3.56. The van der Waals surface area contributed by atoms with Crippen LogP contribution < -0.4 is 20.3 Å². The van der Waals surface area contributed by atoms with Crippen LogP contribution >= 0.6 is 0 Å². The minimum atomic E-state index is -0.531. The zero-order valence-corrected chi connectivity index (χ0v) is 18.6. The average molecular weight is 424 g/mol. The first kappa shape index (κ1) is 22.3. The Kier molecular flexibility index (Phi) is 6.34. The van der Waals surface area contributed by atoms with Crippen molar-refractivity contribution in [3.63, 3.8) is 0 Å². The summed E-state index contributed by atoms with van der Waals surface area (Å²) in [6.45, 7) is 7.87. The Morgan fingerprint density at radius 2 is 1.84 bits per heavy atom. The molecular weight excluding hydrogens is 394 g/mol. The molecule has 1 fully saturated rings. The summed E-state index contributed by atoms with van der Waals surface area (Å²) in [6, 6.07) is 12.5. The highest BCUT2D eigenvalue weighted by Crippen LogP contribution is 2.34. The molecule has 1 saturated heterocycles. The number of methoxy groups -OCH3 is 1. The van der Waals surface area contributed by atoms with Crippen LogP contribution in [0, 0.1) is 12.8 Å². The molecule has 1 atom stereocenters. The third kappa shape index (κ3) is 5.23. The molecule has 2 aromatic rings. The third-order valence-corrected chi connectivity index (χ3v) is 5.04. The zero-order valence-electron chi connectivity index (χ0n) is 18.6. The minimum Gasteiger partial charge on any atom is -0.495 e. The van der Waals surface area contributed by atoms with Crippen LogP contribution in [0.2, 0.25) is 0 Å². The number of carbonyl (C=O) groups excluding carboxylic acids is 3. The lowest BCUT2D eigenvalue weighted by Crippen LogP contribution is -2.41. The van der Waals surface area contributed by atoms with Crippen LogP contribution in [0.5, 0.6) is 5.75 Å². The van der Waals surface area contributed by atoms with E-state index in [2.05, 4.69) is 10.6 Å². The molecule has 0 aliphatic carbocycles. The second-order valence-corrected chi connectivity index (χ2v) is 8.82. The summed E-state index contributed by atoms with van der Waals surface area (Å²) in [4.78, 5) is 39.9. The standard InChI is InChI=1S/C24H29N3O4/c1-15-10-11-20(31-5)19(12-15)27-14-16(13-21(27)28)22(29)25-18-9-7-6-8-17(18)23(30)26-24(2,3)4/h6-12,16H,13-14H2,1-5H3,(H,25,29)(H,26,30). The molecule has 7 heteroatoms. The lowest BCUT2D eigenvalue weighted by Gasteiger charge is -2.22. The molecule has 1 unspecified atom stereocenters. The molecule has 1 heterocycles. The van der Waals surface area contributed by atoms with Gasteiger partial charge in [0.15, 0.2) is 0 Å². The van der Waals surface area contributed by atoms with E-state index in [0.717, 1.165) is 5.56 Å². The average Bonchev–Trinajstić information content (AvgIpc) is 3.08. The third-order valence-electron chi connectivity index (χ3n) is 5.04. The highest BCUT2D eigenvalue weighted by atomic mass is 16.5. The molecular formula is C24H29N3O4. The first-order valence-electron chi connectivity index (χ1n) is 10.3. The van der Waals surface area contributed by atoms with Crippen LogP contribution in [0.3, 0.4) is 0 Å². The molecule has 7 nitrogen and oxygen atoms in total. The van der Waals surface area contributed by atoms with Crippen LogP contribution in [0.1, 0.15) is 43.1 Å². The van der Waals surface area contributed by atoms with E-state index in [1.807, 2.05) is 45.9 Å². The van der Waals surface area contributed by atoms with Crippen molar-refractivity contribution < 1.29 is 19.1 Å². The number of aryl methyl sites for hydroxylation is 1. The van der Waals surface area contributed by atoms with Gasteiger partial charge in [-0.15, -0.1) is 0 Å². The predicted octanol–water partition coefficient (Wildman–Crippen LogP) is 3.52. The monoisotopic (exact) mass is 423 g/mol. The molecule has 164 valence electrons. The SMILES string of the molecule is COc1ccc(C)cc1N1CC(C(=O)Nc2ccccc2C(=O)NC(C)(C)C)CC1=O. The Balaban J connectivity index is 1.77.